The van der Waals surface area contributed by atoms with Crippen molar-refractivity contribution in [2.75, 3.05) is 41.5 Å². The molecule has 6 aromatic carbocycles. The van der Waals surface area contributed by atoms with Gasteiger partial charge in [-0.15, -0.1) is 0 Å². The fourth-order valence-corrected chi connectivity index (χ4v) is 21.0. The summed E-state index contributed by atoms with van der Waals surface area (Å²) in [6, 6.07) is 41.0. The van der Waals surface area contributed by atoms with Crippen molar-refractivity contribution >= 4 is 98.1 Å². The number of hydrogen-bond acceptors (Lipinski definition) is 18. The number of carbonyl (C=O) groups is 8. The van der Waals surface area contributed by atoms with Crippen molar-refractivity contribution in [3.05, 3.63) is 186 Å². The van der Waals surface area contributed by atoms with Crippen LogP contribution in [0.3, 0.4) is 0 Å². The topological polar surface area (TPSA) is 368 Å². The Labute approximate surface area is 797 Å². The molecule has 9 fully saturated rings. The molecule has 135 heavy (non-hydrogen) atoms. The predicted octanol–water partition coefficient (Wildman–Crippen LogP) is 17.7. The first-order chi connectivity index (χ1) is 64.5. The number of carbonyl (C=O) groups excluding carboxylic acids is 8. The molecule has 714 valence electrons. The number of benzene rings is 6. The number of methoxy groups -OCH3 is 4. The van der Waals surface area contributed by atoms with Crippen molar-refractivity contribution in [1.82, 2.24) is 80.7 Å². The lowest BCUT2D eigenvalue weighted by molar-refractivity contribution is -0.140. The van der Waals surface area contributed by atoms with Crippen molar-refractivity contribution in [1.29, 1.82) is 0 Å². The minimum Gasteiger partial charge on any atom is -0.453 e. The summed E-state index contributed by atoms with van der Waals surface area (Å²) in [6.07, 6.45) is 17.4. The highest BCUT2D eigenvalue weighted by atomic mass is 79.9. The Morgan fingerprint density at radius 3 is 1.15 bits per heavy atom. The van der Waals surface area contributed by atoms with Gasteiger partial charge in [-0.2, -0.15) is 0 Å². The van der Waals surface area contributed by atoms with Crippen molar-refractivity contribution in [3.63, 3.8) is 0 Å². The number of likely N-dealkylation sites (tertiary alicyclic amines) is 4. The molecule has 0 radical (unpaired) electrons. The van der Waals surface area contributed by atoms with Gasteiger partial charge in [-0.25, -0.2) is 39.1 Å². The molecule has 9 aliphatic rings. The largest absolute Gasteiger partial charge is 0.494 e. The third-order valence-electron chi connectivity index (χ3n) is 29.6. The van der Waals surface area contributed by atoms with Gasteiger partial charge in [-0.3, -0.25) is 19.2 Å². The number of alkyl carbamates (subject to hydrolysis) is 4. The molecule has 8 N–H and O–H groups in total. The summed E-state index contributed by atoms with van der Waals surface area (Å²) < 4.78 is 32.5. The molecule has 32 heteroatoms. The average molecular weight is 1900 g/mol. The van der Waals surface area contributed by atoms with Gasteiger partial charge in [0.25, 0.3) is 0 Å². The van der Waals surface area contributed by atoms with Gasteiger partial charge in [0.2, 0.25) is 23.6 Å². The zero-order chi connectivity index (χ0) is 96.0. The number of nitrogens with one attached hydrogen (secondary N) is 8. The van der Waals surface area contributed by atoms with Gasteiger partial charge < -0.3 is 89.1 Å². The first kappa shape index (κ1) is 96.2. The van der Waals surface area contributed by atoms with Crippen LogP contribution in [-0.4, -0.2) is 204 Å². The van der Waals surface area contributed by atoms with E-state index in [4.69, 9.17) is 38.2 Å². The fourth-order valence-electron chi connectivity index (χ4n) is 20.8. The van der Waals surface area contributed by atoms with Crippen molar-refractivity contribution < 1.29 is 66.6 Å². The van der Waals surface area contributed by atoms with Gasteiger partial charge in [-0.1, -0.05) is 180 Å². The zero-order valence-electron chi connectivity index (χ0n) is 80.3. The van der Waals surface area contributed by atoms with E-state index in [-0.39, 0.29) is 106 Å². The molecule has 12 atom stereocenters. The van der Waals surface area contributed by atoms with Crippen LogP contribution >= 0.6 is 15.9 Å². The maximum atomic E-state index is 13.8. The maximum Gasteiger partial charge on any atom is 0.494 e. The molecule has 5 aliphatic heterocycles. The van der Waals surface area contributed by atoms with E-state index >= 15 is 0 Å². The number of imidazole rings is 4. The lowest BCUT2D eigenvalue weighted by atomic mass is 9.78. The normalized spacial score (nSPS) is 22.4. The molecule has 10 aromatic rings. The van der Waals surface area contributed by atoms with Crippen LogP contribution in [0.1, 0.15) is 213 Å². The Morgan fingerprint density at radius 1 is 0.422 bits per heavy atom. The number of H-pyrrole nitrogens is 4. The summed E-state index contributed by atoms with van der Waals surface area (Å²) in [5.41, 5.74) is 9.70. The van der Waals surface area contributed by atoms with Crippen LogP contribution in [0.2, 0.25) is 0 Å². The van der Waals surface area contributed by atoms with E-state index in [2.05, 4.69) is 193 Å². The van der Waals surface area contributed by atoms with Crippen LogP contribution in [0.5, 0.6) is 0 Å². The van der Waals surface area contributed by atoms with Gasteiger partial charge in [0.1, 0.15) is 47.5 Å². The van der Waals surface area contributed by atoms with Crippen LogP contribution in [0.4, 0.5) is 19.2 Å². The molecule has 19 rings (SSSR count). The van der Waals surface area contributed by atoms with Crippen molar-refractivity contribution in [3.8, 4) is 45.0 Å². The highest BCUT2D eigenvalue weighted by Crippen LogP contribution is 2.60. The predicted molar refractivity (Wildman–Crippen MR) is 519 cm³/mol. The summed E-state index contributed by atoms with van der Waals surface area (Å²) in [7, 11) is 4.84. The first-order valence-electron chi connectivity index (χ1n) is 47.5. The second-order valence-electron chi connectivity index (χ2n) is 40.7. The molecule has 4 aromatic heterocycles. The Morgan fingerprint density at radius 2 is 0.756 bits per heavy atom. The Hall–Kier alpha value is -11.9. The summed E-state index contributed by atoms with van der Waals surface area (Å²) in [4.78, 5) is 142. The maximum absolute atomic E-state index is 13.8. The second kappa shape index (κ2) is 39.4. The number of nitrogens with zero attached hydrogens (tertiary/aromatic N) is 8. The Balaban J connectivity index is 0.000000132. The van der Waals surface area contributed by atoms with Crippen LogP contribution in [0.25, 0.3) is 66.6 Å². The molecule has 5 saturated heterocycles. The van der Waals surface area contributed by atoms with Gasteiger partial charge >= 0.3 is 31.5 Å². The van der Waals surface area contributed by atoms with E-state index in [1.165, 1.54) is 44.8 Å². The third kappa shape index (κ3) is 20.5. The van der Waals surface area contributed by atoms with Gasteiger partial charge in [0.15, 0.2) is 0 Å². The minimum atomic E-state index is -0.661. The molecule has 4 bridgehead atoms. The molecule has 4 aliphatic carbocycles. The number of aromatic amines is 4. The van der Waals surface area contributed by atoms with Gasteiger partial charge in [-0.05, 0) is 220 Å². The fraction of sp³-hybridized carbons (Fsp3) is 0.495. The lowest BCUT2D eigenvalue weighted by Crippen LogP contribution is -2.54. The van der Waals surface area contributed by atoms with E-state index in [1.54, 1.807) is 0 Å². The summed E-state index contributed by atoms with van der Waals surface area (Å²) >= 11 is 3.46. The Bertz CT molecular complexity index is 5830. The van der Waals surface area contributed by atoms with Crippen LogP contribution in [-0.2, 0) is 47.4 Å². The molecular formula is C103H128BBrN16O14. The molecule has 30 nitrogen and oxygen atoms in total. The average Bonchev–Trinajstić information content (AvgIpc) is 1.59. The van der Waals surface area contributed by atoms with E-state index in [1.807, 2.05) is 136 Å². The number of halogens is 1. The Kier molecular flexibility index (Phi) is 28.1. The monoisotopic (exact) mass is 1900 g/mol. The molecular weight excluding hydrogens is 1780 g/mol. The highest BCUT2D eigenvalue weighted by molar-refractivity contribution is 9.10. The first-order valence-corrected chi connectivity index (χ1v) is 48.3. The van der Waals surface area contributed by atoms with Crippen LogP contribution in [0, 0.1) is 53.3 Å². The molecule has 4 saturated carbocycles. The standard InChI is InChI=1S/C32H41BN4O5.C26H30N4O3.C23H30N4O3.C22H27BrN4O3/c1-19(2)26(36-29(39)40-7)28(38)37-18-32(12-13-32)16-25(37)27-34-17-24(35-27)22-9-8-21-15-23(11-10-20(21)14-22)33-41-30(3,4)31(5,6)42-33;1-16(2)22(29-25(32)33-3)24(31)30-15-26(10-11-26)13-21(30)23-27-14-20(28-23)19-9-8-17-6-4-5-7-18(17)12-19;1-13(2)19(26-23(29)30-4)22(28)27-17-10-9-16(11-17)20(27)21-24-12-18(25-21)15-7-5-14(3)6-8-15;1-12(2)18(26-22(29)30-3)21(28)27-16-9-6-14(10-16)19(27)20-24-11-17(25-20)13-4-7-15(23)8-5-13/h8-11,14-15,17,19,25-26H,12-13,16,18H2,1-7H3,(H,34,35)(H,36,39);4-9,12,14,16,21-22H,10-11,13,15H2,1-3H3,(H,27,28)(H,29,32);5-8,12-13,16-17,19-20H,9-11H2,1-4H3,(H,24,25)(H,26,29);4-5,7-8,11-12,14,16,18-19H,6,9-10H2,1-3H3,(H,24,25)(H,26,29)/t25-,26-;21-,22-;16-,17+,19-,20-;14-,16+,18-,19-/m0000/s1. The van der Waals surface area contributed by atoms with E-state index in [0.717, 1.165) is 166 Å². The van der Waals surface area contributed by atoms with Gasteiger partial charge in [0.05, 0.1) is 111 Å². The molecule has 9 heterocycles. The summed E-state index contributed by atoms with van der Waals surface area (Å²) in [5, 5.41) is 15.5. The number of piperidine rings is 2. The zero-order valence-corrected chi connectivity index (χ0v) is 81.9. The summed E-state index contributed by atoms with van der Waals surface area (Å²) in [6.45, 7) is 27.1. The molecule has 2 spiro atoms. The third-order valence-corrected chi connectivity index (χ3v) is 30.1. The number of hydrogen-bond donors (Lipinski definition) is 8. The molecule has 8 amide bonds. The smallest absolute Gasteiger partial charge is 0.453 e. The minimum absolute atomic E-state index is 0.0453. The van der Waals surface area contributed by atoms with E-state index in [9.17, 15) is 38.4 Å². The van der Waals surface area contributed by atoms with Crippen molar-refractivity contribution in [2.24, 2.45) is 46.3 Å². The molecule has 0 unspecified atom stereocenters. The number of aromatic nitrogens is 8. The highest BCUT2D eigenvalue weighted by Gasteiger charge is 2.59. The number of fused-ring (bicyclic) bond motifs is 6. The van der Waals surface area contributed by atoms with Crippen molar-refractivity contribution in [2.45, 2.75) is 239 Å². The van der Waals surface area contributed by atoms with E-state index in [0.29, 0.717) is 24.9 Å². The number of rotatable bonds is 21. The second-order valence-corrected chi connectivity index (χ2v) is 41.6. The lowest BCUT2D eigenvalue weighted by Gasteiger charge is -2.37. The number of amides is 8. The van der Waals surface area contributed by atoms with Crippen LogP contribution < -0.4 is 26.7 Å². The summed E-state index contributed by atoms with van der Waals surface area (Å²) in [5.74, 6) is 3.47. The number of ether oxygens (including phenoxy) is 4. The van der Waals surface area contributed by atoms with Gasteiger partial charge in [0, 0.05) is 40.8 Å². The quantitative estimate of drug-likeness (QED) is 0.0245. The van der Waals surface area contributed by atoms with Crippen LogP contribution in [0.15, 0.2) is 157 Å². The number of aryl methyl sites for hydroxylation is 1. The van der Waals surface area contributed by atoms with E-state index < -0.39 is 55.7 Å². The SMILES string of the molecule is COC(=O)N[C@H](C(=O)N1CC2(CC2)C[C@H]1c1ncc(-c2ccc3cc(B4OC(C)(C)C(C)(C)O4)ccc3c2)[nH]1)C(C)C.COC(=O)N[C@H](C(=O)N1CC2(CC2)C[C@H]1c1ncc(-c2ccc3ccccc3c2)[nH]1)C(C)C.COC(=O)N[C@H](C(=O)N1[C@@H]2CC[C@@H](C2)[C@H]1c1ncc(-c2ccc(Br)cc2)[nH]1)C(C)C.COC(=O)N[C@H](C(=O)N1[C@@H]2CC[C@@H](C2)[C@H]1c1ncc(-c2ccc(C)cc2)[nH]1)C(C)C.